The number of rotatable bonds is 3. The van der Waals surface area contributed by atoms with Gasteiger partial charge in [-0.1, -0.05) is 18.2 Å². The lowest BCUT2D eigenvalue weighted by atomic mass is 9.81. The molecule has 0 fully saturated rings. The molecule has 4 rings (SSSR count). The van der Waals surface area contributed by atoms with E-state index in [2.05, 4.69) is 4.98 Å². The van der Waals surface area contributed by atoms with Crippen LogP contribution in [0, 0.1) is 19.3 Å². The largest absolute Gasteiger partial charge is 0.481 e. The highest BCUT2D eigenvalue weighted by atomic mass is 16.4. The average molecular weight is 404 g/mol. The molecule has 6 heteroatoms. The number of carbonyl (C=O) groups excluding carboxylic acids is 1. The van der Waals surface area contributed by atoms with Crippen LogP contribution in [0.15, 0.2) is 53.1 Å². The molecule has 1 atom stereocenters. The second-order valence-electron chi connectivity index (χ2n) is 8.20. The highest BCUT2D eigenvalue weighted by Crippen LogP contribution is 2.37. The predicted molar refractivity (Wildman–Crippen MR) is 114 cm³/mol. The maximum absolute atomic E-state index is 13.5. The van der Waals surface area contributed by atoms with Crippen LogP contribution in [0.3, 0.4) is 0 Å². The van der Waals surface area contributed by atoms with Gasteiger partial charge in [0.15, 0.2) is 0 Å². The number of carbonyl (C=O) groups is 2. The van der Waals surface area contributed by atoms with Crippen molar-refractivity contribution in [3.8, 4) is 11.5 Å². The number of amides is 1. The molecule has 0 saturated heterocycles. The smallest absolute Gasteiger partial charge is 0.309 e. The van der Waals surface area contributed by atoms with Crippen molar-refractivity contribution in [2.24, 2.45) is 5.41 Å². The van der Waals surface area contributed by atoms with Crippen LogP contribution >= 0.6 is 0 Å². The molecular weight excluding hydrogens is 380 g/mol. The van der Waals surface area contributed by atoms with Gasteiger partial charge >= 0.3 is 5.97 Å². The lowest BCUT2D eigenvalue weighted by Crippen LogP contribution is -2.35. The number of benzene rings is 2. The van der Waals surface area contributed by atoms with E-state index in [9.17, 15) is 14.7 Å². The van der Waals surface area contributed by atoms with Crippen molar-refractivity contribution < 1.29 is 19.1 Å². The molecule has 154 valence electrons. The summed E-state index contributed by atoms with van der Waals surface area (Å²) in [6, 6.07) is 13.1. The minimum Gasteiger partial charge on any atom is -0.481 e. The van der Waals surface area contributed by atoms with Gasteiger partial charge < -0.3 is 14.4 Å². The average Bonchev–Trinajstić information content (AvgIpc) is 3.08. The molecular formula is C24H24N2O4. The van der Waals surface area contributed by atoms with Crippen LogP contribution in [0.1, 0.15) is 40.5 Å². The summed E-state index contributed by atoms with van der Waals surface area (Å²) in [5.41, 5.74) is 3.74. The second-order valence-corrected chi connectivity index (χ2v) is 8.20. The number of aromatic nitrogens is 1. The third-order valence-corrected chi connectivity index (χ3v) is 5.83. The normalized spacial score (nSPS) is 18.6. The first-order chi connectivity index (χ1) is 14.3. The van der Waals surface area contributed by atoms with E-state index in [4.69, 9.17) is 4.42 Å². The zero-order valence-corrected chi connectivity index (χ0v) is 17.3. The molecule has 1 amide bonds. The van der Waals surface area contributed by atoms with Crippen LogP contribution in [0.4, 0.5) is 5.69 Å². The van der Waals surface area contributed by atoms with Crippen LogP contribution in [-0.2, 0) is 11.2 Å². The molecule has 2 aromatic carbocycles. The molecule has 1 aliphatic rings. The number of aliphatic carboxylic acids is 1. The summed E-state index contributed by atoms with van der Waals surface area (Å²) in [6.45, 7) is 5.84. The molecule has 1 unspecified atom stereocenters. The van der Waals surface area contributed by atoms with Gasteiger partial charge in [-0.2, -0.15) is 0 Å². The highest BCUT2D eigenvalue weighted by molar-refractivity contribution is 6.08. The first kappa shape index (κ1) is 19.9. The topological polar surface area (TPSA) is 83.6 Å². The Kier molecular flexibility index (Phi) is 4.94. The fraction of sp³-hybridized carbons (Fsp3) is 0.292. The molecule has 2 heterocycles. The zero-order valence-electron chi connectivity index (χ0n) is 17.3. The minimum atomic E-state index is -0.910. The van der Waals surface area contributed by atoms with Gasteiger partial charge in [0.05, 0.1) is 11.1 Å². The van der Waals surface area contributed by atoms with Gasteiger partial charge in [0.1, 0.15) is 6.26 Å². The van der Waals surface area contributed by atoms with E-state index in [0.29, 0.717) is 30.8 Å². The number of aryl methyl sites for hydroxylation is 2. The summed E-state index contributed by atoms with van der Waals surface area (Å²) in [7, 11) is 0. The predicted octanol–water partition coefficient (Wildman–Crippen LogP) is 4.64. The summed E-state index contributed by atoms with van der Waals surface area (Å²) in [5.74, 6) is -0.454. The summed E-state index contributed by atoms with van der Waals surface area (Å²) >= 11 is 0. The van der Waals surface area contributed by atoms with Gasteiger partial charge in [-0.05, 0) is 69.0 Å². The Hall–Kier alpha value is -3.41. The van der Waals surface area contributed by atoms with Crippen molar-refractivity contribution in [3.63, 3.8) is 0 Å². The van der Waals surface area contributed by atoms with Crippen LogP contribution in [-0.4, -0.2) is 28.5 Å². The van der Waals surface area contributed by atoms with Crippen molar-refractivity contribution >= 4 is 17.6 Å². The fourth-order valence-corrected chi connectivity index (χ4v) is 3.97. The Labute approximate surface area is 175 Å². The summed E-state index contributed by atoms with van der Waals surface area (Å²) in [4.78, 5) is 31.5. The SMILES string of the molecule is Cc1coc(-c2ccc(C(=O)N3CCC(C)(C(=O)O)Cc4ccccc43)c(C)c2)n1. The molecule has 30 heavy (non-hydrogen) atoms. The molecule has 0 spiro atoms. The lowest BCUT2D eigenvalue weighted by Gasteiger charge is -2.25. The van der Waals surface area contributed by atoms with Crippen molar-refractivity contribution in [2.45, 2.75) is 33.6 Å². The third-order valence-electron chi connectivity index (χ3n) is 5.83. The molecule has 1 N–H and O–H groups in total. The molecule has 1 aromatic heterocycles. The molecule has 0 aliphatic carbocycles. The highest BCUT2D eigenvalue weighted by Gasteiger charge is 2.38. The number of oxazole rings is 1. The standard InChI is InChI=1S/C24H24N2O4/c1-15-12-17(21-25-16(2)14-30-21)8-9-19(15)22(27)26-11-10-24(3,23(28)29)13-18-6-4-5-7-20(18)26/h4-9,12,14H,10-11,13H2,1-3H3,(H,28,29). The number of anilines is 1. The molecule has 0 radical (unpaired) electrons. The molecule has 1 aliphatic heterocycles. The number of carboxylic acids is 1. The number of nitrogens with zero attached hydrogens (tertiary/aromatic N) is 2. The Morgan fingerprint density at radius 3 is 2.60 bits per heavy atom. The Balaban J connectivity index is 1.70. The van der Waals surface area contributed by atoms with Crippen LogP contribution in [0.5, 0.6) is 0 Å². The maximum Gasteiger partial charge on any atom is 0.309 e. The monoisotopic (exact) mass is 404 g/mol. The lowest BCUT2D eigenvalue weighted by molar-refractivity contribution is -0.148. The van der Waals surface area contributed by atoms with Gasteiger partial charge in [0.2, 0.25) is 5.89 Å². The van der Waals surface area contributed by atoms with Gasteiger partial charge in [-0.15, -0.1) is 0 Å². The number of fused-ring (bicyclic) bond motifs is 1. The van der Waals surface area contributed by atoms with E-state index >= 15 is 0 Å². The minimum absolute atomic E-state index is 0.135. The van der Waals surface area contributed by atoms with E-state index in [0.717, 1.165) is 28.1 Å². The van der Waals surface area contributed by atoms with E-state index in [1.165, 1.54) is 0 Å². The fourth-order valence-electron chi connectivity index (χ4n) is 3.97. The third kappa shape index (κ3) is 3.49. The van der Waals surface area contributed by atoms with E-state index in [-0.39, 0.29) is 5.91 Å². The van der Waals surface area contributed by atoms with E-state index in [1.54, 1.807) is 24.2 Å². The second kappa shape index (κ2) is 7.44. The van der Waals surface area contributed by atoms with Gasteiger partial charge in [-0.25, -0.2) is 4.98 Å². The first-order valence-electron chi connectivity index (χ1n) is 9.95. The van der Waals surface area contributed by atoms with Crippen LogP contribution in [0.2, 0.25) is 0 Å². The molecule has 0 saturated carbocycles. The quantitative estimate of drug-likeness (QED) is 0.687. The van der Waals surface area contributed by atoms with E-state index in [1.807, 2.05) is 50.2 Å². The van der Waals surface area contributed by atoms with Crippen LogP contribution < -0.4 is 4.90 Å². The van der Waals surface area contributed by atoms with Gasteiger partial charge in [0.25, 0.3) is 5.91 Å². The maximum atomic E-state index is 13.5. The zero-order chi connectivity index (χ0) is 21.5. The van der Waals surface area contributed by atoms with Crippen molar-refractivity contribution in [1.82, 2.24) is 4.98 Å². The summed E-state index contributed by atoms with van der Waals surface area (Å²) < 4.78 is 5.47. The molecule has 3 aromatic rings. The van der Waals surface area contributed by atoms with E-state index < -0.39 is 11.4 Å². The molecule has 0 bridgehead atoms. The Morgan fingerprint density at radius 2 is 1.93 bits per heavy atom. The Morgan fingerprint density at radius 1 is 1.17 bits per heavy atom. The number of carboxylic acid groups (broad SMARTS) is 1. The van der Waals surface area contributed by atoms with Gasteiger partial charge in [-0.3, -0.25) is 9.59 Å². The molecule has 6 nitrogen and oxygen atoms in total. The summed E-state index contributed by atoms with van der Waals surface area (Å²) in [5, 5.41) is 9.76. The number of para-hydroxylation sites is 1. The van der Waals surface area contributed by atoms with Crippen molar-refractivity contribution in [2.75, 3.05) is 11.4 Å². The Bertz CT molecular complexity index is 1130. The van der Waals surface area contributed by atoms with Crippen molar-refractivity contribution in [3.05, 3.63) is 71.1 Å². The first-order valence-corrected chi connectivity index (χ1v) is 9.95. The summed E-state index contributed by atoms with van der Waals surface area (Å²) in [6.07, 6.45) is 2.37. The number of hydrogen-bond donors (Lipinski definition) is 1. The van der Waals surface area contributed by atoms with Crippen molar-refractivity contribution in [1.29, 1.82) is 0 Å². The van der Waals surface area contributed by atoms with Gasteiger partial charge in [0, 0.05) is 23.4 Å². The van der Waals surface area contributed by atoms with Crippen LogP contribution in [0.25, 0.3) is 11.5 Å². The number of hydrogen-bond acceptors (Lipinski definition) is 4.